The molecule has 0 spiro atoms. The summed E-state index contributed by atoms with van der Waals surface area (Å²) in [5, 5.41) is 29.3. The highest BCUT2D eigenvalue weighted by Crippen LogP contribution is 2.34. The number of aromatic nitrogens is 5. The van der Waals surface area contributed by atoms with Gasteiger partial charge in [0, 0.05) is 44.0 Å². The van der Waals surface area contributed by atoms with Crippen molar-refractivity contribution in [1.29, 1.82) is 5.26 Å². The first-order valence-electron chi connectivity index (χ1n) is 12.4. The van der Waals surface area contributed by atoms with E-state index in [0.29, 0.717) is 34.4 Å². The Morgan fingerprint density at radius 2 is 2.05 bits per heavy atom. The molecule has 1 aliphatic heterocycles. The summed E-state index contributed by atoms with van der Waals surface area (Å²) in [6, 6.07) is 9.71. The first-order chi connectivity index (χ1) is 18.3. The van der Waals surface area contributed by atoms with Gasteiger partial charge in [-0.3, -0.25) is 14.6 Å². The van der Waals surface area contributed by atoms with Crippen molar-refractivity contribution in [3.8, 4) is 28.0 Å². The third kappa shape index (κ3) is 5.19. The van der Waals surface area contributed by atoms with Crippen LogP contribution in [0.1, 0.15) is 49.0 Å². The van der Waals surface area contributed by atoms with Crippen LogP contribution in [0.4, 0.5) is 5.69 Å². The molecule has 0 aromatic carbocycles. The SMILES string of the molecule is CC(=O)N[C@H]1CCCN(C(=O)c2nnc(-c3cnc(-c4ccc5cc(C#N)cnn45)cc3NC(C)C)s2)C1. The second-order valence-corrected chi connectivity index (χ2v) is 10.5. The summed E-state index contributed by atoms with van der Waals surface area (Å²) in [4.78, 5) is 31.0. The normalized spacial score (nSPS) is 15.4. The van der Waals surface area contributed by atoms with Crippen LogP contribution < -0.4 is 10.6 Å². The molecule has 2 N–H and O–H groups in total. The second-order valence-electron chi connectivity index (χ2n) is 9.53. The molecule has 11 nitrogen and oxygen atoms in total. The maximum absolute atomic E-state index is 13.2. The Bertz CT molecular complexity index is 1550. The third-order valence-electron chi connectivity index (χ3n) is 6.19. The van der Waals surface area contributed by atoms with Crippen molar-refractivity contribution in [3.63, 3.8) is 0 Å². The summed E-state index contributed by atoms with van der Waals surface area (Å²) in [5.74, 6) is -0.284. The van der Waals surface area contributed by atoms with Crippen molar-refractivity contribution in [1.82, 2.24) is 35.0 Å². The van der Waals surface area contributed by atoms with Crippen molar-refractivity contribution in [2.45, 2.75) is 45.7 Å². The van der Waals surface area contributed by atoms with E-state index in [1.165, 1.54) is 24.5 Å². The Labute approximate surface area is 223 Å². The van der Waals surface area contributed by atoms with Crippen LogP contribution in [0, 0.1) is 11.3 Å². The third-order valence-corrected chi connectivity index (χ3v) is 7.14. The van der Waals surface area contributed by atoms with Crippen LogP contribution in [0.3, 0.4) is 0 Å². The van der Waals surface area contributed by atoms with Crippen molar-refractivity contribution in [3.05, 3.63) is 47.2 Å². The first kappa shape index (κ1) is 25.3. The summed E-state index contributed by atoms with van der Waals surface area (Å²) in [6.07, 6.45) is 4.92. The molecule has 1 saturated heterocycles. The highest BCUT2D eigenvalue weighted by molar-refractivity contribution is 7.16. The highest BCUT2D eigenvalue weighted by atomic mass is 32.1. The number of rotatable bonds is 6. The summed E-state index contributed by atoms with van der Waals surface area (Å²) < 4.78 is 1.75. The smallest absolute Gasteiger partial charge is 0.284 e. The Morgan fingerprint density at radius 3 is 2.82 bits per heavy atom. The zero-order chi connectivity index (χ0) is 26.8. The minimum Gasteiger partial charge on any atom is -0.382 e. The maximum Gasteiger partial charge on any atom is 0.284 e. The van der Waals surface area contributed by atoms with Gasteiger partial charge in [-0.2, -0.15) is 10.4 Å². The lowest BCUT2D eigenvalue weighted by Gasteiger charge is -2.32. The number of carbonyl (C=O) groups is 2. The number of hydrogen-bond donors (Lipinski definition) is 2. The van der Waals surface area contributed by atoms with Crippen LogP contribution in [0.5, 0.6) is 0 Å². The van der Waals surface area contributed by atoms with Gasteiger partial charge in [0.15, 0.2) is 5.01 Å². The number of piperidine rings is 1. The number of nitriles is 1. The van der Waals surface area contributed by atoms with Crippen molar-refractivity contribution < 1.29 is 9.59 Å². The van der Waals surface area contributed by atoms with E-state index in [1.807, 2.05) is 32.0 Å². The van der Waals surface area contributed by atoms with E-state index in [-0.39, 0.29) is 23.9 Å². The van der Waals surface area contributed by atoms with E-state index < -0.39 is 0 Å². The average Bonchev–Trinajstić information content (AvgIpc) is 3.55. The molecule has 2 amide bonds. The number of nitrogens with one attached hydrogen (secondary N) is 2. The minimum absolute atomic E-state index is 0.0534. The highest BCUT2D eigenvalue weighted by Gasteiger charge is 2.28. The lowest BCUT2D eigenvalue weighted by molar-refractivity contribution is -0.120. The Kier molecular flexibility index (Phi) is 7.02. The fourth-order valence-electron chi connectivity index (χ4n) is 4.57. The molecular formula is C26H27N9O2S. The van der Waals surface area contributed by atoms with Crippen LogP contribution >= 0.6 is 11.3 Å². The molecule has 0 unspecified atom stereocenters. The quantitative estimate of drug-likeness (QED) is 0.387. The lowest BCUT2D eigenvalue weighted by Crippen LogP contribution is -2.49. The van der Waals surface area contributed by atoms with Gasteiger partial charge in [-0.25, -0.2) is 4.52 Å². The number of nitrogens with zero attached hydrogens (tertiary/aromatic N) is 7. The van der Waals surface area contributed by atoms with Gasteiger partial charge >= 0.3 is 0 Å². The van der Waals surface area contributed by atoms with Crippen molar-refractivity contribution in [2.24, 2.45) is 0 Å². The largest absolute Gasteiger partial charge is 0.382 e. The Balaban J connectivity index is 1.43. The topological polar surface area (TPSA) is 141 Å². The van der Waals surface area contributed by atoms with E-state index in [1.54, 1.807) is 21.7 Å². The number of fused-ring (bicyclic) bond motifs is 1. The predicted molar refractivity (Wildman–Crippen MR) is 144 cm³/mol. The average molecular weight is 530 g/mol. The zero-order valence-corrected chi connectivity index (χ0v) is 22.1. The number of carbonyl (C=O) groups excluding carboxylic acids is 2. The number of hydrogen-bond acceptors (Lipinski definition) is 9. The van der Waals surface area contributed by atoms with E-state index in [9.17, 15) is 9.59 Å². The molecule has 1 fully saturated rings. The van der Waals surface area contributed by atoms with Gasteiger partial charge in [0.2, 0.25) is 10.9 Å². The summed E-state index contributed by atoms with van der Waals surface area (Å²) in [6.45, 7) is 6.64. The molecule has 4 aromatic heterocycles. The molecular weight excluding hydrogens is 502 g/mol. The number of likely N-dealkylation sites (tertiary alicyclic amines) is 1. The van der Waals surface area contributed by atoms with Crippen LogP contribution in [-0.4, -0.2) is 66.7 Å². The van der Waals surface area contributed by atoms with Gasteiger partial charge < -0.3 is 15.5 Å². The molecule has 1 atom stereocenters. The van der Waals surface area contributed by atoms with E-state index >= 15 is 0 Å². The Hall–Kier alpha value is -4.37. The molecule has 5 rings (SSSR count). The molecule has 38 heavy (non-hydrogen) atoms. The summed E-state index contributed by atoms with van der Waals surface area (Å²) >= 11 is 1.23. The predicted octanol–water partition coefficient (Wildman–Crippen LogP) is 3.35. The number of anilines is 1. The molecule has 0 saturated carbocycles. The maximum atomic E-state index is 13.2. The lowest BCUT2D eigenvalue weighted by atomic mass is 10.1. The summed E-state index contributed by atoms with van der Waals surface area (Å²) in [5.41, 5.74) is 4.34. The van der Waals surface area contributed by atoms with Crippen molar-refractivity contribution in [2.75, 3.05) is 18.4 Å². The van der Waals surface area contributed by atoms with Crippen molar-refractivity contribution >= 4 is 34.4 Å². The van der Waals surface area contributed by atoms with Gasteiger partial charge in [-0.15, -0.1) is 10.2 Å². The van der Waals surface area contributed by atoms with Gasteiger partial charge in [-0.05, 0) is 51.0 Å². The van der Waals surface area contributed by atoms with Crippen LogP contribution in [0.25, 0.3) is 27.5 Å². The number of amides is 2. The fourth-order valence-corrected chi connectivity index (χ4v) is 5.41. The summed E-state index contributed by atoms with van der Waals surface area (Å²) in [7, 11) is 0. The van der Waals surface area contributed by atoms with Crippen LogP contribution in [0.2, 0.25) is 0 Å². The van der Waals surface area contributed by atoms with Crippen LogP contribution in [0.15, 0.2) is 36.7 Å². The molecule has 5 heterocycles. The van der Waals surface area contributed by atoms with Gasteiger partial charge in [0.1, 0.15) is 6.07 Å². The van der Waals surface area contributed by atoms with E-state index in [2.05, 4.69) is 37.0 Å². The molecule has 4 aromatic rings. The molecule has 12 heteroatoms. The van der Waals surface area contributed by atoms with Gasteiger partial charge in [0.25, 0.3) is 5.91 Å². The van der Waals surface area contributed by atoms with Gasteiger partial charge in [0.05, 0.1) is 34.2 Å². The second kappa shape index (κ2) is 10.5. The monoisotopic (exact) mass is 529 g/mol. The molecule has 194 valence electrons. The number of pyridine rings is 1. The first-order valence-corrected chi connectivity index (χ1v) is 13.2. The Morgan fingerprint density at radius 1 is 1.21 bits per heavy atom. The molecule has 0 radical (unpaired) electrons. The van der Waals surface area contributed by atoms with E-state index in [0.717, 1.165) is 35.3 Å². The minimum atomic E-state index is -0.186. The van der Waals surface area contributed by atoms with Gasteiger partial charge in [-0.1, -0.05) is 11.3 Å². The standard InChI is InChI=1S/C26H27N9O2S/c1-15(2)30-21-10-22(23-7-6-19-9-17(11-27)12-29-35(19)23)28-13-20(21)24-32-33-25(38-24)26(37)34-8-4-5-18(14-34)31-16(3)36/h6-7,9-10,12-13,15,18H,4-5,8,14H2,1-3H3,(H,28,30)(H,31,36)/t18-/m0/s1. The fraction of sp³-hybridized carbons (Fsp3) is 0.346. The van der Waals surface area contributed by atoms with E-state index in [4.69, 9.17) is 5.26 Å². The zero-order valence-electron chi connectivity index (χ0n) is 21.3. The van der Waals surface area contributed by atoms with Crippen LogP contribution in [-0.2, 0) is 4.79 Å². The molecule has 0 bridgehead atoms. The molecule has 1 aliphatic rings. The molecule has 0 aliphatic carbocycles.